The minimum absolute atomic E-state index is 0.305. The summed E-state index contributed by atoms with van der Waals surface area (Å²) in [5.41, 5.74) is 5.04. The maximum absolute atomic E-state index is 12.9. The summed E-state index contributed by atoms with van der Waals surface area (Å²) in [6.45, 7) is 0. The Morgan fingerprint density at radius 1 is 1.12 bits per heavy atom. The molecule has 2 atom stereocenters. The summed E-state index contributed by atoms with van der Waals surface area (Å²) in [5, 5.41) is 10.0. The van der Waals surface area contributed by atoms with Crippen molar-refractivity contribution in [3.63, 3.8) is 0 Å². The van der Waals surface area contributed by atoms with Gasteiger partial charge in [0.25, 0.3) is 0 Å². The molecule has 7 heteroatoms. The zero-order chi connectivity index (χ0) is 17.8. The van der Waals surface area contributed by atoms with Crippen molar-refractivity contribution in [2.75, 3.05) is 0 Å². The highest BCUT2D eigenvalue weighted by Gasteiger charge is 2.27. The smallest absolute Gasteiger partial charge is 0.339 e. The number of primary amides is 1. The molecular weight excluding hydrogens is 327 g/mol. The van der Waals surface area contributed by atoms with Gasteiger partial charge < -0.3 is 15.2 Å². The van der Waals surface area contributed by atoms with Gasteiger partial charge in [0.2, 0.25) is 0 Å². The molecule has 0 bridgehead atoms. The van der Waals surface area contributed by atoms with Gasteiger partial charge in [0.15, 0.2) is 0 Å². The Bertz CT molecular complexity index is 779. The highest BCUT2D eigenvalue weighted by Crippen LogP contribution is 2.28. The lowest BCUT2D eigenvalue weighted by Gasteiger charge is -2.20. The maximum atomic E-state index is 12.9. The van der Waals surface area contributed by atoms with E-state index in [2.05, 4.69) is 0 Å². The summed E-state index contributed by atoms with van der Waals surface area (Å²) in [6.07, 6.45) is 3.50. The quantitative estimate of drug-likeness (QED) is 0.494. The zero-order valence-corrected chi connectivity index (χ0v) is 13.2. The third-order valence-electron chi connectivity index (χ3n) is 3.70. The van der Waals surface area contributed by atoms with Gasteiger partial charge in [0, 0.05) is 12.5 Å². The van der Waals surface area contributed by atoms with Crippen LogP contribution < -0.4 is 15.2 Å². The zero-order valence-electron chi connectivity index (χ0n) is 13.2. The van der Waals surface area contributed by atoms with Crippen LogP contribution in [0.5, 0.6) is 17.2 Å². The van der Waals surface area contributed by atoms with Crippen molar-refractivity contribution >= 4 is 6.03 Å². The van der Waals surface area contributed by atoms with E-state index < -0.39 is 12.1 Å². The van der Waals surface area contributed by atoms with E-state index in [4.69, 9.17) is 15.2 Å². The molecule has 0 saturated carbocycles. The Morgan fingerprint density at radius 3 is 2.56 bits per heavy atom. The number of nitrogens with zero attached hydrogens (tertiary/aromatic N) is 1. The molecule has 1 aliphatic rings. The fourth-order valence-electron chi connectivity index (χ4n) is 2.50. The number of amides is 2. The Kier molecular flexibility index (Phi) is 4.85. The summed E-state index contributed by atoms with van der Waals surface area (Å²) >= 11 is 0. The predicted molar refractivity (Wildman–Crippen MR) is 88.1 cm³/mol. The number of rotatable bonds is 5. The molecule has 0 unspecified atom stereocenters. The first-order chi connectivity index (χ1) is 12.0. The molecule has 1 aliphatic carbocycles. The number of carbonyl (C=O) groups is 1. The number of ether oxygens (including phenoxy) is 2. The van der Waals surface area contributed by atoms with Crippen LogP contribution in [0.3, 0.4) is 0 Å². The minimum Gasteiger partial charge on any atom is -0.486 e. The first kappa shape index (κ1) is 16.8. The van der Waals surface area contributed by atoms with Crippen LogP contribution >= 0.6 is 0 Å². The van der Waals surface area contributed by atoms with Crippen LogP contribution in [-0.4, -0.2) is 28.4 Å². The lowest BCUT2D eigenvalue weighted by molar-refractivity contribution is -0.0645. The molecule has 3 N–H and O–H groups in total. The topological polar surface area (TPSA) is 85.0 Å². The van der Waals surface area contributed by atoms with E-state index >= 15 is 0 Å². The van der Waals surface area contributed by atoms with Crippen molar-refractivity contribution in [3.05, 3.63) is 66.5 Å². The second-order valence-electron chi connectivity index (χ2n) is 5.56. The average Bonchev–Trinajstić information content (AvgIpc) is 3.05. The number of benzene rings is 2. The Morgan fingerprint density at radius 2 is 1.84 bits per heavy atom. The van der Waals surface area contributed by atoms with E-state index in [0.29, 0.717) is 28.7 Å². The van der Waals surface area contributed by atoms with Gasteiger partial charge in [-0.15, -0.1) is 0 Å². The molecule has 0 heterocycles. The van der Waals surface area contributed by atoms with E-state index in [9.17, 15) is 14.4 Å². The first-order valence-corrected chi connectivity index (χ1v) is 7.67. The van der Waals surface area contributed by atoms with Gasteiger partial charge in [-0.2, -0.15) is 5.06 Å². The number of urea groups is 1. The SMILES string of the molecule is NC(=O)N(O)[C@@H]1C=C[C@@H](Oc2cccc(Oc3ccc(F)cc3)c2)C1. The molecule has 2 aromatic carbocycles. The van der Waals surface area contributed by atoms with Crippen LogP contribution in [-0.2, 0) is 0 Å². The number of hydrogen-bond donors (Lipinski definition) is 2. The summed E-state index contributed by atoms with van der Waals surface area (Å²) in [7, 11) is 0. The molecule has 0 saturated heterocycles. The van der Waals surface area contributed by atoms with Crippen LogP contribution in [0, 0.1) is 5.82 Å². The van der Waals surface area contributed by atoms with Crippen molar-refractivity contribution < 1.29 is 23.9 Å². The average molecular weight is 344 g/mol. The molecule has 0 fully saturated rings. The third-order valence-corrected chi connectivity index (χ3v) is 3.70. The molecule has 3 rings (SSSR count). The number of halogens is 1. The summed E-state index contributed by atoms with van der Waals surface area (Å²) < 4.78 is 24.4. The van der Waals surface area contributed by atoms with Gasteiger partial charge in [0.1, 0.15) is 29.2 Å². The Labute approximate surface area is 143 Å². The summed E-state index contributed by atoms with van der Waals surface area (Å²) in [6, 6.07) is 11.3. The van der Waals surface area contributed by atoms with E-state index in [1.807, 2.05) is 0 Å². The van der Waals surface area contributed by atoms with Crippen LogP contribution in [0.1, 0.15) is 6.42 Å². The lowest BCUT2D eigenvalue weighted by atomic mass is 10.2. The molecule has 0 aromatic heterocycles. The predicted octanol–water partition coefficient (Wildman–Crippen LogP) is 3.46. The van der Waals surface area contributed by atoms with Crippen molar-refractivity contribution in [1.29, 1.82) is 0 Å². The largest absolute Gasteiger partial charge is 0.486 e. The van der Waals surface area contributed by atoms with Crippen molar-refractivity contribution in [3.8, 4) is 17.2 Å². The molecule has 2 aromatic rings. The third kappa shape index (κ3) is 4.27. The highest BCUT2D eigenvalue weighted by molar-refractivity contribution is 5.71. The monoisotopic (exact) mass is 344 g/mol. The molecule has 0 radical (unpaired) electrons. The summed E-state index contributed by atoms with van der Waals surface area (Å²) in [5.74, 6) is 1.29. The molecule has 130 valence electrons. The second kappa shape index (κ2) is 7.23. The second-order valence-corrected chi connectivity index (χ2v) is 5.56. The normalized spacial score (nSPS) is 18.8. The Balaban J connectivity index is 1.62. The van der Waals surface area contributed by atoms with Crippen LogP contribution in [0.2, 0.25) is 0 Å². The van der Waals surface area contributed by atoms with Crippen LogP contribution in [0.25, 0.3) is 0 Å². The van der Waals surface area contributed by atoms with Gasteiger partial charge >= 0.3 is 6.03 Å². The van der Waals surface area contributed by atoms with E-state index in [0.717, 1.165) is 0 Å². The van der Waals surface area contributed by atoms with Crippen molar-refractivity contribution in [2.45, 2.75) is 18.6 Å². The number of hydroxylamine groups is 2. The van der Waals surface area contributed by atoms with Gasteiger partial charge in [-0.1, -0.05) is 12.1 Å². The van der Waals surface area contributed by atoms with Crippen molar-refractivity contribution in [2.24, 2.45) is 5.73 Å². The minimum atomic E-state index is -0.912. The first-order valence-electron chi connectivity index (χ1n) is 7.67. The molecule has 0 spiro atoms. The molecular formula is C18H17FN2O4. The van der Waals surface area contributed by atoms with E-state index in [1.54, 1.807) is 36.4 Å². The number of nitrogens with two attached hydrogens (primary N) is 1. The van der Waals surface area contributed by atoms with E-state index in [1.165, 1.54) is 24.3 Å². The van der Waals surface area contributed by atoms with Crippen molar-refractivity contribution in [1.82, 2.24) is 5.06 Å². The van der Waals surface area contributed by atoms with E-state index in [-0.39, 0.29) is 11.9 Å². The maximum Gasteiger partial charge on any atom is 0.339 e. The van der Waals surface area contributed by atoms with Gasteiger partial charge in [-0.25, -0.2) is 9.18 Å². The highest BCUT2D eigenvalue weighted by atomic mass is 19.1. The summed E-state index contributed by atoms with van der Waals surface area (Å²) in [4.78, 5) is 11.0. The standard InChI is InChI=1S/C18H17FN2O4/c19-12-4-7-14(8-5-12)24-15-2-1-3-16(11-15)25-17-9-6-13(10-17)21(23)18(20)22/h1-9,11,13,17,23H,10H2,(H2,20,22)/t13-,17-/m1/s1. The molecule has 6 nitrogen and oxygen atoms in total. The lowest BCUT2D eigenvalue weighted by Crippen LogP contribution is -2.40. The van der Waals surface area contributed by atoms with Gasteiger partial charge in [-0.05, 0) is 42.5 Å². The van der Waals surface area contributed by atoms with Gasteiger partial charge in [-0.3, -0.25) is 5.21 Å². The molecule has 0 aliphatic heterocycles. The van der Waals surface area contributed by atoms with Gasteiger partial charge in [0.05, 0.1) is 6.04 Å². The molecule has 2 amide bonds. The fraction of sp³-hybridized carbons (Fsp3) is 0.167. The van der Waals surface area contributed by atoms with Crippen LogP contribution in [0.15, 0.2) is 60.7 Å². The fourth-order valence-corrected chi connectivity index (χ4v) is 2.50. The Hall–Kier alpha value is -3.06. The molecule has 25 heavy (non-hydrogen) atoms. The van der Waals surface area contributed by atoms with Crippen LogP contribution in [0.4, 0.5) is 9.18 Å². The number of hydrogen-bond acceptors (Lipinski definition) is 4. The number of carbonyl (C=O) groups excluding carboxylic acids is 1.